The first-order valence-electron chi connectivity index (χ1n) is 6.45. The van der Waals surface area contributed by atoms with E-state index >= 15 is 0 Å². The Hall–Kier alpha value is -1.13. The molecule has 1 atom stereocenters. The number of rotatable bonds is 2. The van der Waals surface area contributed by atoms with Gasteiger partial charge in [0, 0.05) is 25.3 Å². The van der Waals surface area contributed by atoms with Gasteiger partial charge in [0.05, 0.1) is 13.2 Å². The zero-order valence-corrected chi connectivity index (χ0v) is 10.1. The summed E-state index contributed by atoms with van der Waals surface area (Å²) in [5, 5.41) is 3.50. The van der Waals surface area contributed by atoms with E-state index in [0.29, 0.717) is 6.04 Å². The van der Waals surface area contributed by atoms with E-state index in [9.17, 15) is 0 Å². The van der Waals surface area contributed by atoms with Crippen molar-refractivity contribution in [2.24, 2.45) is 0 Å². The van der Waals surface area contributed by atoms with Crippen molar-refractivity contribution in [2.45, 2.75) is 18.9 Å². The van der Waals surface area contributed by atoms with E-state index in [1.54, 1.807) is 0 Å². The summed E-state index contributed by atoms with van der Waals surface area (Å²) in [5.74, 6) is 1.08. The zero-order chi connectivity index (χ0) is 11.5. The van der Waals surface area contributed by atoms with Crippen LogP contribution in [0.2, 0.25) is 0 Å². The largest absolute Gasteiger partial charge is 0.378 e. The molecule has 2 fully saturated rings. The van der Waals surface area contributed by atoms with Gasteiger partial charge in [0.2, 0.25) is 0 Å². The van der Waals surface area contributed by atoms with Gasteiger partial charge in [-0.2, -0.15) is 0 Å². The molecule has 0 bridgehead atoms. The van der Waals surface area contributed by atoms with Crippen LogP contribution >= 0.6 is 0 Å². The third kappa shape index (κ3) is 2.42. The van der Waals surface area contributed by atoms with E-state index < -0.39 is 0 Å². The van der Waals surface area contributed by atoms with Crippen molar-refractivity contribution in [2.75, 3.05) is 37.7 Å². The molecule has 0 spiro atoms. The molecule has 4 heteroatoms. The molecule has 0 amide bonds. The fourth-order valence-electron chi connectivity index (χ4n) is 2.55. The van der Waals surface area contributed by atoms with Gasteiger partial charge in [-0.3, -0.25) is 0 Å². The van der Waals surface area contributed by atoms with Crippen molar-refractivity contribution in [3.8, 4) is 0 Å². The molecule has 0 saturated carbocycles. The van der Waals surface area contributed by atoms with Gasteiger partial charge in [-0.25, -0.2) is 4.98 Å². The van der Waals surface area contributed by atoms with Crippen molar-refractivity contribution in [1.29, 1.82) is 0 Å². The Morgan fingerprint density at radius 2 is 2.18 bits per heavy atom. The molecule has 1 aromatic heterocycles. The highest BCUT2D eigenvalue weighted by atomic mass is 16.5. The summed E-state index contributed by atoms with van der Waals surface area (Å²) in [7, 11) is 0. The molecule has 3 rings (SSSR count). The molecule has 1 aromatic rings. The summed E-state index contributed by atoms with van der Waals surface area (Å²) >= 11 is 0. The van der Waals surface area contributed by atoms with Crippen molar-refractivity contribution in [1.82, 2.24) is 10.3 Å². The number of anilines is 1. The monoisotopic (exact) mass is 233 g/mol. The summed E-state index contributed by atoms with van der Waals surface area (Å²) in [5.41, 5.74) is 1.32. The van der Waals surface area contributed by atoms with Crippen LogP contribution in [0.25, 0.3) is 0 Å². The number of morpholine rings is 1. The Morgan fingerprint density at radius 3 is 2.82 bits per heavy atom. The molecule has 2 aliphatic heterocycles. The molecular weight excluding hydrogens is 214 g/mol. The summed E-state index contributed by atoms with van der Waals surface area (Å²) in [6.45, 7) is 4.67. The SMILES string of the molecule is c1cc(N2CCOCC2)ncc1C1CCCN1. The Balaban J connectivity index is 1.70. The first-order chi connectivity index (χ1) is 8.43. The predicted molar refractivity (Wildman–Crippen MR) is 67.2 cm³/mol. The third-order valence-corrected chi connectivity index (χ3v) is 3.57. The van der Waals surface area contributed by atoms with E-state index in [-0.39, 0.29) is 0 Å². The molecule has 1 unspecified atom stereocenters. The topological polar surface area (TPSA) is 37.4 Å². The van der Waals surface area contributed by atoms with Crippen LogP contribution < -0.4 is 10.2 Å². The lowest BCUT2D eigenvalue weighted by atomic mass is 10.1. The van der Waals surface area contributed by atoms with Crippen LogP contribution in [-0.4, -0.2) is 37.8 Å². The molecule has 3 heterocycles. The van der Waals surface area contributed by atoms with E-state index in [1.165, 1.54) is 18.4 Å². The van der Waals surface area contributed by atoms with Crippen LogP contribution in [0.3, 0.4) is 0 Å². The average molecular weight is 233 g/mol. The second-order valence-electron chi connectivity index (χ2n) is 4.70. The van der Waals surface area contributed by atoms with Gasteiger partial charge in [-0.1, -0.05) is 6.07 Å². The standard InChI is InChI=1S/C13H19N3O/c1-2-12(14-5-1)11-3-4-13(15-10-11)16-6-8-17-9-7-16/h3-4,10,12,14H,1-2,5-9H2. The van der Waals surface area contributed by atoms with Crippen molar-refractivity contribution < 1.29 is 4.74 Å². The highest BCUT2D eigenvalue weighted by Gasteiger charge is 2.17. The van der Waals surface area contributed by atoms with Crippen molar-refractivity contribution in [3.63, 3.8) is 0 Å². The highest BCUT2D eigenvalue weighted by Crippen LogP contribution is 2.23. The fraction of sp³-hybridized carbons (Fsp3) is 0.615. The maximum Gasteiger partial charge on any atom is 0.128 e. The molecule has 4 nitrogen and oxygen atoms in total. The lowest BCUT2D eigenvalue weighted by Crippen LogP contribution is -2.36. The molecule has 0 aliphatic carbocycles. The van der Waals surface area contributed by atoms with Gasteiger partial charge in [-0.05, 0) is 31.0 Å². The lowest BCUT2D eigenvalue weighted by Gasteiger charge is -2.28. The van der Waals surface area contributed by atoms with Gasteiger partial charge in [0.25, 0.3) is 0 Å². The second-order valence-corrected chi connectivity index (χ2v) is 4.70. The molecule has 92 valence electrons. The smallest absolute Gasteiger partial charge is 0.128 e. The average Bonchev–Trinajstić information content (AvgIpc) is 2.94. The van der Waals surface area contributed by atoms with E-state index in [4.69, 9.17) is 4.74 Å². The van der Waals surface area contributed by atoms with Crippen LogP contribution in [0.5, 0.6) is 0 Å². The number of ether oxygens (including phenoxy) is 1. The number of nitrogens with one attached hydrogen (secondary N) is 1. The first-order valence-corrected chi connectivity index (χ1v) is 6.45. The molecular formula is C13H19N3O. The molecule has 0 aromatic carbocycles. The highest BCUT2D eigenvalue weighted by molar-refractivity contribution is 5.40. The Morgan fingerprint density at radius 1 is 1.29 bits per heavy atom. The quantitative estimate of drug-likeness (QED) is 0.836. The number of nitrogens with zero attached hydrogens (tertiary/aromatic N) is 2. The third-order valence-electron chi connectivity index (χ3n) is 3.57. The minimum absolute atomic E-state index is 0.515. The molecule has 2 aliphatic rings. The summed E-state index contributed by atoms with van der Waals surface area (Å²) in [6.07, 6.45) is 4.53. The maximum atomic E-state index is 5.35. The number of hydrogen-bond acceptors (Lipinski definition) is 4. The van der Waals surface area contributed by atoms with Gasteiger partial charge in [0.1, 0.15) is 5.82 Å². The molecule has 17 heavy (non-hydrogen) atoms. The summed E-state index contributed by atoms with van der Waals surface area (Å²) < 4.78 is 5.35. The molecule has 2 saturated heterocycles. The Bertz CT molecular complexity index is 353. The van der Waals surface area contributed by atoms with Crippen LogP contribution in [0.1, 0.15) is 24.4 Å². The predicted octanol–water partition coefficient (Wildman–Crippen LogP) is 1.34. The zero-order valence-electron chi connectivity index (χ0n) is 10.1. The van der Waals surface area contributed by atoms with Gasteiger partial charge in [0.15, 0.2) is 0 Å². The molecule has 1 N–H and O–H groups in total. The van der Waals surface area contributed by atoms with E-state index in [0.717, 1.165) is 38.7 Å². The van der Waals surface area contributed by atoms with Crippen LogP contribution in [-0.2, 0) is 4.74 Å². The van der Waals surface area contributed by atoms with Crippen molar-refractivity contribution in [3.05, 3.63) is 23.9 Å². The maximum absolute atomic E-state index is 5.35. The lowest BCUT2D eigenvalue weighted by molar-refractivity contribution is 0.122. The van der Waals surface area contributed by atoms with E-state index in [2.05, 4.69) is 27.3 Å². The second kappa shape index (κ2) is 5.02. The number of hydrogen-bond donors (Lipinski definition) is 1. The van der Waals surface area contributed by atoms with Crippen molar-refractivity contribution >= 4 is 5.82 Å². The van der Waals surface area contributed by atoms with Crippen LogP contribution in [0.4, 0.5) is 5.82 Å². The Kier molecular flexibility index (Phi) is 3.25. The Labute approximate surface area is 102 Å². The first kappa shape index (κ1) is 11.0. The number of pyridine rings is 1. The molecule has 0 radical (unpaired) electrons. The number of aromatic nitrogens is 1. The van der Waals surface area contributed by atoms with E-state index in [1.807, 2.05) is 6.20 Å². The van der Waals surface area contributed by atoms with Crippen LogP contribution in [0, 0.1) is 0 Å². The minimum atomic E-state index is 0.515. The van der Waals surface area contributed by atoms with Gasteiger partial charge >= 0.3 is 0 Å². The normalized spacial score (nSPS) is 25.2. The minimum Gasteiger partial charge on any atom is -0.378 e. The van der Waals surface area contributed by atoms with Gasteiger partial charge < -0.3 is 15.0 Å². The van der Waals surface area contributed by atoms with Crippen LogP contribution in [0.15, 0.2) is 18.3 Å². The summed E-state index contributed by atoms with van der Waals surface area (Å²) in [4.78, 5) is 6.86. The fourth-order valence-corrected chi connectivity index (χ4v) is 2.55. The summed E-state index contributed by atoms with van der Waals surface area (Å²) in [6, 6.07) is 4.86. The van der Waals surface area contributed by atoms with Gasteiger partial charge in [-0.15, -0.1) is 0 Å².